The highest BCUT2D eigenvalue weighted by Crippen LogP contribution is 2.65. The van der Waals surface area contributed by atoms with Gasteiger partial charge in [-0.15, -0.1) is 0 Å². The van der Waals surface area contributed by atoms with Crippen LogP contribution in [0.15, 0.2) is 0 Å². The molecule has 7 atom stereocenters. The Morgan fingerprint density at radius 2 is 1.77 bits per heavy atom. The molecule has 1 N–H and O–H groups in total. The first-order valence-corrected chi connectivity index (χ1v) is 9.09. The Kier molecular flexibility index (Phi) is 3.15. The summed E-state index contributed by atoms with van der Waals surface area (Å²) in [5.41, 5.74) is -0.0300. The Labute approximate surface area is 132 Å². The van der Waals surface area contributed by atoms with Gasteiger partial charge < -0.3 is 5.11 Å². The molecule has 0 saturated heterocycles. The van der Waals surface area contributed by atoms with Crippen LogP contribution in [0, 0.1) is 34.5 Å². The molecule has 0 amide bonds. The lowest BCUT2D eigenvalue weighted by atomic mass is 9.44. The van der Waals surface area contributed by atoms with Gasteiger partial charge in [-0.1, -0.05) is 13.8 Å². The van der Waals surface area contributed by atoms with Crippen LogP contribution in [0.25, 0.3) is 0 Å². The molecule has 0 aliphatic heterocycles. The summed E-state index contributed by atoms with van der Waals surface area (Å²) in [6, 6.07) is 0. The molecule has 4 fully saturated rings. The number of rotatable bonds is 0. The van der Waals surface area contributed by atoms with Gasteiger partial charge in [-0.3, -0.25) is 9.59 Å². The van der Waals surface area contributed by atoms with Gasteiger partial charge >= 0.3 is 0 Å². The zero-order valence-electron chi connectivity index (χ0n) is 13.8. The number of carbonyl (C=O) groups excluding carboxylic acids is 2. The summed E-state index contributed by atoms with van der Waals surface area (Å²) >= 11 is 0. The van der Waals surface area contributed by atoms with Crippen molar-refractivity contribution in [3.8, 4) is 0 Å². The molecule has 0 aromatic carbocycles. The minimum absolute atomic E-state index is 0.100. The van der Waals surface area contributed by atoms with E-state index >= 15 is 0 Å². The molecule has 4 rings (SSSR count). The monoisotopic (exact) mass is 304 g/mol. The normalized spacial score (nSPS) is 54.6. The highest BCUT2D eigenvalue weighted by atomic mass is 16.3. The fourth-order valence-electron chi connectivity index (χ4n) is 6.86. The molecule has 4 aliphatic carbocycles. The molecule has 4 aliphatic rings. The van der Waals surface area contributed by atoms with Crippen molar-refractivity contribution in [3.05, 3.63) is 0 Å². The fourth-order valence-corrected chi connectivity index (χ4v) is 6.86. The highest BCUT2D eigenvalue weighted by molar-refractivity contribution is 5.87. The summed E-state index contributed by atoms with van der Waals surface area (Å²) < 4.78 is 0. The van der Waals surface area contributed by atoms with Crippen LogP contribution in [0.1, 0.15) is 65.2 Å². The number of hydrogen-bond acceptors (Lipinski definition) is 3. The van der Waals surface area contributed by atoms with E-state index in [1.165, 1.54) is 0 Å². The predicted octanol–water partition coefficient (Wildman–Crippen LogP) is 3.14. The number of ketones is 2. The lowest BCUT2D eigenvalue weighted by molar-refractivity contribution is -0.165. The second kappa shape index (κ2) is 4.66. The molecule has 122 valence electrons. The number of aliphatic hydroxyl groups excluding tert-OH is 1. The zero-order valence-corrected chi connectivity index (χ0v) is 13.8. The van der Waals surface area contributed by atoms with Gasteiger partial charge in [0.15, 0.2) is 0 Å². The van der Waals surface area contributed by atoms with E-state index in [4.69, 9.17) is 0 Å². The number of fused-ring (bicyclic) bond motifs is 5. The van der Waals surface area contributed by atoms with Gasteiger partial charge in [-0.2, -0.15) is 0 Å². The van der Waals surface area contributed by atoms with Crippen LogP contribution < -0.4 is 0 Å². The molecule has 0 spiro atoms. The van der Waals surface area contributed by atoms with E-state index in [0.717, 1.165) is 38.5 Å². The van der Waals surface area contributed by atoms with E-state index in [9.17, 15) is 14.7 Å². The van der Waals surface area contributed by atoms with Gasteiger partial charge in [0.1, 0.15) is 11.6 Å². The Morgan fingerprint density at radius 1 is 1.00 bits per heavy atom. The number of hydrogen-bond donors (Lipinski definition) is 1. The first-order valence-electron chi connectivity index (χ1n) is 9.09. The van der Waals surface area contributed by atoms with Crippen molar-refractivity contribution in [3.63, 3.8) is 0 Å². The SMILES string of the molecule is C[C@]12CCC(=O)C[C@@H]1[C@@H](O)C[C@@H]1[C@@H]2CC[C@]2(C)C(=O)CC[C@@H]12. The third-order valence-corrected chi connectivity index (χ3v) is 8.21. The summed E-state index contributed by atoms with van der Waals surface area (Å²) in [7, 11) is 0. The number of carbonyl (C=O) groups is 2. The Balaban J connectivity index is 1.69. The van der Waals surface area contributed by atoms with Crippen molar-refractivity contribution in [2.75, 3.05) is 0 Å². The van der Waals surface area contributed by atoms with Crippen molar-refractivity contribution in [2.45, 2.75) is 71.3 Å². The Bertz CT molecular complexity index is 527. The predicted molar refractivity (Wildman–Crippen MR) is 83.1 cm³/mol. The first kappa shape index (κ1) is 14.9. The molecule has 0 radical (unpaired) electrons. The average Bonchev–Trinajstić information content (AvgIpc) is 2.77. The number of Topliss-reactive ketones (excluding diaryl/α,β-unsaturated/α-hetero) is 2. The van der Waals surface area contributed by atoms with E-state index in [2.05, 4.69) is 13.8 Å². The average molecular weight is 304 g/mol. The van der Waals surface area contributed by atoms with Crippen LogP contribution in [-0.4, -0.2) is 22.8 Å². The van der Waals surface area contributed by atoms with Gasteiger partial charge in [0, 0.05) is 24.7 Å². The maximum Gasteiger partial charge on any atom is 0.139 e. The molecule has 4 saturated carbocycles. The highest BCUT2D eigenvalue weighted by Gasteiger charge is 2.62. The zero-order chi connectivity index (χ0) is 15.7. The van der Waals surface area contributed by atoms with Gasteiger partial charge in [-0.25, -0.2) is 0 Å². The summed E-state index contributed by atoms with van der Waals surface area (Å²) in [5, 5.41) is 10.8. The standard InChI is InChI=1S/C19H28O3/c1-18-7-5-11(20)9-15(18)16(21)10-12-13-3-4-17(22)19(13,2)8-6-14(12)18/h12-16,21H,3-10H2,1-2H3/t12-,13-,14-,15+,16-,18+,19-/m0/s1. The van der Waals surface area contributed by atoms with Crippen LogP contribution in [0.2, 0.25) is 0 Å². The smallest absolute Gasteiger partial charge is 0.139 e. The topological polar surface area (TPSA) is 54.4 Å². The van der Waals surface area contributed by atoms with Crippen molar-refractivity contribution < 1.29 is 14.7 Å². The Morgan fingerprint density at radius 3 is 2.55 bits per heavy atom. The van der Waals surface area contributed by atoms with Crippen LogP contribution >= 0.6 is 0 Å². The third-order valence-electron chi connectivity index (χ3n) is 8.21. The first-order chi connectivity index (χ1) is 10.4. The molecule has 0 aromatic heterocycles. The van der Waals surface area contributed by atoms with Gasteiger partial charge in [0.25, 0.3) is 0 Å². The molecule has 0 heterocycles. The van der Waals surface area contributed by atoms with E-state index in [1.54, 1.807) is 0 Å². The third kappa shape index (κ3) is 1.78. The fraction of sp³-hybridized carbons (Fsp3) is 0.895. The van der Waals surface area contributed by atoms with Crippen molar-refractivity contribution in [2.24, 2.45) is 34.5 Å². The second-order valence-corrected chi connectivity index (χ2v) is 8.95. The van der Waals surface area contributed by atoms with Crippen LogP contribution in [-0.2, 0) is 9.59 Å². The van der Waals surface area contributed by atoms with Crippen molar-refractivity contribution >= 4 is 11.6 Å². The lowest BCUT2D eigenvalue weighted by Crippen LogP contribution is -2.57. The molecule has 0 aromatic rings. The summed E-state index contributed by atoms with van der Waals surface area (Å²) in [4.78, 5) is 24.3. The minimum atomic E-state index is -0.353. The van der Waals surface area contributed by atoms with Gasteiger partial charge in [-0.05, 0) is 61.2 Å². The van der Waals surface area contributed by atoms with Crippen LogP contribution in [0.5, 0.6) is 0 Å². The maximum atomic E-state index is 12.4. The summed E-state index contributed by atoms with van der Waals surface area (Å²) in [6.07, 6.45) is 6.53. The molecular weight excluding hydrogens is 276 g/mol. The van der Waals surface area contributed by atoms with E-state index in [0.29, 0.717) is 42.2 Å². The molecule has 3 nitrogen and oxygen atoms in total. The van der Waals surface area contributed by atoms with E-state index in [-0.39, 0.29) is 22.9 Å². The molecule has 0 unspecified atom stereocenters. The number of aliphatic hydroxyl groups is 1. The molecule has 0 bridgehead atoms. The minimum Gasteiger partial charge on any atom is -0.393 e. The summed E-state index contributed by atoms with van der Waals surface area (Å²) in [6.45, 7) is 4.50. The van der Waals surface area contributed by atoms with Crippen molar-refractivity contribution in [1.29, 1.82) is 0 Å². The quantitative estimate of drug-likeness (QED) is 0.748. The maximum absolute atomic E-state index is 12.4. The van der Waals surface area contributed by atoms with Crippen LogP contribution in [0.4, 0.5) is 0 Å². The van der Waals surface area contributed by atoms with Crippen LogP contribution in [0.3, 0.4) is 0 Å². The largest absolute Gasteiger partial charge is 0.393 e. The van der Waals surface area contributed by atoms with Crippen molar-refractivity contribution in [1.82, 2.24) is 0 Å². The van der Waals surface area contributed by atoms with E-state index in [1.807, 2.05) is 0 Å². The lowest BCUT2D eigenvalue weighted by Gasteiger charge is -2.60. The summed E-state index contributed by atoms with van der Waals surface area (Å²) in [5.74, 6) is 2.47. The van der Waals surface area contributed by atoms with Gasteiger partial charge in [0.2, 0.25) is 0 Å². The second-order valence-electron chi connectivity index (χ2n) is 8.95. The Hall–Kier alpha value is -0.700. The molecular formula is C19H28O3. The molecule has 3 heteroatoms. The molecule has 22 heavy (non-hydrogen) atoms. The van der Waals surface area contributed by atoms with Gasteiger partial charge in [0.05, 0.1) is 6.10 Å². The van der Waals surface area contributed by atoms with E-state index < -0.39 is 0 Å².